The number of hydrogen-bond acceptors (Lipinski definition) is 3. The summed E-state index contributed by atoms with van der Waals surface area (Å²) in [5.74, 6) is 0.105. The number of hydrazone groups is 1. The molecule has 0 aliphatic rings. The fourth-order valence-electron chi connectivity index (χ4n) is 1.55. The predicted octanol–water partition coefficient (Wildman–Crippen LogP) is 2.92. The lowest BCUT2D eigenvalue weighted by atomic mass is 10.2. The van der Waals surface area contributed by atoms with Crippen LogP contribution in [0.4, 0.5) is 0 Å². The SMILES string of the molecule is Cc1ccc(/C=N/N=C(N)N/N=C/c2ccc(Cl)cc2)cc1. The van der Waals surface area contributed by atoms with Gasteiger partial charge in [0.05, 0.1) is 12.4 Å². The molecular formula is C16H16ClN5. The van der Waals surface area contributed by atoms with Crippen LogP contribution in [0, 0.1) is 6.92 Å². The number of aryl methyl sites for hydroxylation is 1. The number of nitrogens with one attached hydrogen (secondary N) is 1. The fourth-order valence-corrected chi connectivity index (χ4v) is 1.68. The maximum Gasteiger partial charge on any atom is 0.234 e. The first kappa shape index (κ1) is 15.7. The van der Waals surface area contributed by atoms with Crippen LogP contribution in [0.1, 0.15) is 16.7 Å². The molecule has 22 heavy (non-hydrogen) atoms. The zero-order valence-electron chi connectivity index (χ0n) is 12.1. The van der Waals surface area contributed by atoms with Crippen LogP contribution in [0.2, 0.25) is 5.02 Å². The van der Waals surface area contributed by atoms with Crippen LogP contribution in [0.15, 0.2) is 63.8 Å². The van der Waals surface area contributed by atoms with E-state index in [1.807, 2.05) is 43.3 Å². The van der Waals surface area contributed by atoms with E-state index >= 15 is 0 Å². The van der Waals surface area contributed by atoms with Crippen molar-refractivity contribution in [2.75, 3.05) is 0 Å². The summed E-state index contributed by atoms with van der Waals surface area (Å²) in [7, 11) is 0. The van der Waals surface area contributed by atoms with Gasteiger partial charge in [-0.2, -0.15) is 10.2 Å². The standard InChI is InChI=1S/C16H16ClN5/c1-12-2-4-13(5-3-12)10-19-21-16(18)22-20-11-14-6-8-15(17)9-7-14/h2-11H,1H3,(H3,18,21,22)/b19-10+,20-11+. The number of guanidine groups is 1. The minimum Gasteiger partial charge on any atom is -0.367 e. The highest BCUT2D eigenvalue weighted by molar-refractivity contribution is 6.30. The zero-order valence-corrected chi connectivity index (χ0v) is 12.8. The van der Waals surface area contributed by atoms with Crippen molar-refractivity contribution in [2.24, 2.45) is 21.0 Å². The van der Waals surface area contributed by atoms with E-state index in [2.05, 4.69) is 20.7 Å². The molecule has 0 heterocycles. The third kappa shape index (κ3) is 5.38. The van der Waals surface area contributed by atoms with E-state index < -0.39 is 0 Å². The molecule has 0 saturated carbocycles. The summed E-state index contributed by atoms with van der Waals surface area (Å²) in [6.45, 7) is 2.03. The molecule has 0 unspecified atom stereocenters. The number of nitrogens with two attached hydrogens (primary N) is 1. The Labute approximate surface area is 134 Å². The third-order valence-corrected chi connectivity index (χ3v) is 2.96. The van der Waals surface area contributed by atoms with Gasteiger partial charge in [0.25, 0.3) is 0 Å². The van der Waals surface area contributed by atoms with Crippen molar-refractivity contribution >= 4 is 30.0 Å². The molecule has 0 amide bonds. The highest BCUT2D eigenvalue weighted by Crippen LogP contribution is 2.07. The number of halogens is 1. The first-order chi connectivity index (χ1) is 10.6. The van der Waals surface area contributed by atoms with Crippen molar-refractivity contribution < 1.29 is 0 Å². The maximum absolute atomic E-state index is 5.80. The summed E-state index contributed by atoms with van der Waals surface area (Å²) in [4.78, 5) is 0. The minimum absolute atomic E-state index is 0.105. The molecule has 0 aliphatic carbocycles. The van der Waals surface area contributed by atoms with Crippen LogP contribution in [0.3, 0.4) is 0 Å². The fraction of sp³-hybridized carbons (Fsp3) is 0.0625. The number of rotatable bonds is 4. The Kier molecular flexibility index (Phi) is 5.68. The van der Waals surface area contributed by atoms with Crippen LogP contribution < -0.4 is 11.2 Å². The van der Waals surface area contributed by atoms with E-state index in [4.69, 9.17) is 17.3 Å². The second kappa shape index (κ2) is 7.95. The molecule has 0 spiro atoms. The number of hydrogen-bond donors (Lipinski definition) is 2. The van der Waals surface area contributed by atoms with Gasteiger partial charge < -0.3 is 5.73 Å². The van der Waals surface area contributed by atoms with Gasteiger partial charge in [0.15, 0.2) is 0 Å². The van der Waals surface area contributed by atoms with Gasteiger partial charge in [-0.05, 0) is 30.2 Å². The second-order valence-electron chi connectivity index (χ2n) is 4.56. The number of benzene rings is 2. The molecule has 0 atom stereocenters. The van der Waals surface area contributed by atoms with E-state index in [-0.39, 0.29) is 5.96 Å². The largest absolute Gasteiger partial charge is 0.367 e. The smallest absolute Gasteiger partial charge is 0.234 e. The van der Waals surface area contributed by atoms with E-state index in [0.717, 1.165) is 11.1 Å². The van der Waals surface area contributed by atoms with Gasteiger partial charge in [-0.1, -0.05) is 53.6 Å². The zero-order chi connectivity index (χ0) is 15.8. The molecule has 5 nitrogen and oxygen atoms in total. The van der Waals surface area contributed by atoms with E-state index in [0.29, 0.717) is 5.02 Å². The van der Waals surface area contributed by atoms with Crippen molar-refractivity contribution in [2.45, 2.75) is 6.92 Å². The van der Waals surface area contributed by atoms with E-state index in [1.54, 1.807) is 24.6 Å². The van der Waals surface area contributed by atoms with Gasteiger partial charge in [-0.3, -0.25) is 0 Å². The lowest BCUT2D eigenvalue weighted by molar-refractivity contribution is 0.994. The molecule has 3 N–H and O–H groups in total. The highest BCUT2D eigenvalue weighted by Gasteiger charge is 1.90. The lowest BCUT2D eigenvalue weighted by Crippen LogP contribution is -2.26. The van der Waals surface area contributed by atoms with Crippen molar-refractivity contribution in [1.29, 1.82) is 0 Å². The molecule has 2 rings (SSSR count). The molecule has 6 heteroatoms. The monoisotopic (exact) mass is 313 g/mol. The molecular weight excluding hydrogens is 298 g/mol. The van der Waals surface area contributed by atoms with Crippen molar-refractivity contribution in [3.05, 3.63) is 70.2 Å². The lowest BCUT2D eigenvalue weighted by Gasteiger charge is -1.97. The molecule has 0 fully saturated rings. The summed E-state index contributed by atoms with van der Waals surface area (Å²) >= 11 is 5.80. The Morgan fingerprint density at radius 1 is 1.00 bits per heavy atom. The quantitative estimate of drug-likeness (QED) is 0.517. The maximum atomic E-state index is 5.80. The normalized spacial score (nSPS) is 12.2. The number of nitrogens with zero attached hydrogens (tertiary/aromatic N) is 3. The predicted molar refractivity (Wildman–Crippen MR) is 92.6 cm³/mol. The molecule has 0 saturated heterocycles. The van der Waals surface area contributed by atoms with E-state index in [1.165, 1.54) is 5.56 Å². The average molecular weight is 314 g/mol. The summed E-state index contributed by atoms with van der Waals surface area (Å²) in [6, 6.07) is 15.2. The van der Waals surface area contributed by atoms with Gasteiger partial charge in [0.2, 0.25) is 5.96 Å². The molecule has 0 radical (unpaired) electrons. The molecule has 2 aromatic carbocycles. The van der Waals surface area contributed by atoms with Crippen molar-refractivity contribution in [3.63, 3.8) is 0 Å². The van der Waals surface area contributed by atoms with Gasteiger partial charge in [0, 0.05) is 5.02 Å². The Bertz CT molecular complexity index is 687. The first-order valence-electron chi connectivity index (χ1n) is 6.61. The molecule has 112 valence electrons. The summed E-state index contributed by atoms with van der Waals surface area (Å²) in [5.41, 5.74) is 11.3. The van der Waals surface area contributed by atoms with Crippen molar-refractivity contribution in [3.8, 4) is 0 Å². The molecule has 0 bridgehead atoms. The Hall–Kier alpha value is -2.66. The molecule has 0 aromatic heterocycles. The molecule has 0 aliphatic heterocycles. The van der Waals surface area contributed by atoms with E-state index in [9.17, 15) is 0 Å². The molecule has 2 aromatic rings. The van der Waals surface area contributed by atoms with Gasteiger partial charge in [0.1, 0.15) is 0 Å². The van der Waals surface area contributed by atoms with Crippen LogP contribution in [0.5, 0.6) is 0 Å². The van der Waals surface area contributed by atoms with Crippen LogP contribution in [-0.4, -0.2) is 18.4 Å². The van der Waals surface area contributed by atoms with Gasteiger partial charge in [-0.25, -0.2) is 5.43 Å². The third-order valence-electron chi connectivity index (χ3n) is 2.71. The second-order valence-corrected chi connectivity index (χ2v) is 5.00. The Morgan fingerprint density at radius 3 is 2.27 bits per heavy atom. The van der Waals surface area contributed by atoms with Gasteiger partial charge >= 0.3 is 0 Å². The minimum atomic E-state index is 0.105. The summed E-state index contributed by atoms with van der Waals surface area (Å²) < 4.78 is 0. The topological polar surface area (TPSA) is 75.1 Å². The van der Waals surface area contributed by atoms with Crippen LogP contribution >= 0.6 is 11.6 Å². The first-order valence-corrected chi connectivity index (χ1v) is 6.99. The van der Waals surface area contributed by atoms with Crippen LogP contribution in [-0.2, 0) is 0 Å². The highest BCUT2D eigenvalue weighted by atomic mass is 35.5. The summed E-state index contributed by atoms with van der Waals surface area (Å²) in [6.07, 6.45) is 3.24. The van der Waals surface area contributed by atoms with Crippen molar-refractivity contribution in [1.82, 2.24) is 5.43 Å². The van der Waals surface area contributed by atoms with Crippen LogP contribution in [0.25, 0.3) is 0 Å². The average Bonchev–Trinajstić information content (AvgIpc) is 2.51. The summed E-state index contributed by atoms with van der Waals surface area (Å²) in [5, 5.41) is 12.3. The Balaban J connectivity index is 1.87. The Morgan fingerprint density at radius 2 is 1.59 bits per heavy atom. The van der Waals surface area contributed by atoms with Gasteiger partial charge in [-0.15, -0.1) is 5.10 Å².